The number of aliphatic hydroxyl groups is 1. The van der Waals surface area contributed by atoms with Gasteiger partial charge in [0.2, 0.25) is 0 Å². The van der Waals surface area contributed by atoms with E-state index < -0.39 is 0 Å². The summed E-state index contributed by atoms with van der Waals surface area (Å²) < 4.78 is 5.15. The average molecular weight is 184 g/mol. The summed E-state index contributed by atoms with van der Waals surface area (Å²) in [5.74, 6) is 0. The molecule has 1 atom stereocenters. The van der Waals surface area contributed by atoms with Gasteiger partial charge in [0.25, 0.3) is 0 Å². The highest BCUT2D eigenvalue weighted by molar-refractivity contribution is 7.27. The van der Waals surface area contributed by atoms with Gasteiger partial charge in [-0.1, -0.05) is 24.3 Å². The Morgan fingerprint density at radius 2 is 1.92 bits per heavy atom. The Kier molecular flexibility index (Phi) is 4.23. The molecule has 1 N–H and O–H groups in total. The van der Waals surface area contributed by atoms with Gasteiger partial charge < -0.3 is 9.84 Å². The largest absolute Gasteiger partial charge is 0.394 e. The lowest BCUT2D eigenvalue weighted by atomic mass is 10.2. The highest BCUT2D eigenvalue weighted by Gasteiger charge is 1.91. The first-order valence-corrected chi connectivity index (χ1v) is 4.43. The van der Waals surface area contributed by atoms with Crippen LogP contribution in [0.5, 0.6) is 0 Å². The highest BCUT2D eigenvalue weighted by Crippen LogP contribution is 2.00. The lowest BCUT2D eigenvalue weighted by Crippen LogP contribution is -2.00. The molecular formula is C9H13O2P. The summed E-state index contributed by atoms with van der Waals surface area (Å²) in [4.78, 5) is 0. The van der Waals surface area contributed by atoms with Crippen molar-refractivity contribution in [2.24, 2.45) is 0 Å². The first-order valence-electron chi connectivity index (χ1n) is 3.86. The number of ether oxygens (including phenoxy) is 1. The van der Waals surface area contributed by atoms with E-state index in [1.54, 1.807) is 0 Å². The second-order valence-electron chi connectivity index (χ2n) is 2.52. The van der Waals surface area contributed by atoms with E-state index in [1.165, 1.54) is 5.30 Å². The molecule has 0 aromatic heterocycles. The fourth-order valence-corrected chi connectivity index (χ4v) is 1.06. The van der Waals surface area contributed by atoms with Gasteiger partial charge in [0, 0.05) is 0 Å². The van der Waals surface area contributed by atoms with Gasteiger partial charge in [-0.2, -0.15) is 0 Å². The minimum Gasteiger partial charge on any atom is -0.394 e. The minimum atomic E-state index is 0.0850. The maximum Gasteiger partial charge on any atom is 0.0718 e. The van der Waals surface area contributed by atoms with Gasteiger partial charge in [-0.25, -0.2) is 0 Å². The number of rotatable bonds is 4. The fourth-order valence-electron chi connectivity index (χ4n) is 0.868. The molecule has 0 heterocycles. The molecule has 66 valence electrons. The van der Waals surface area contributed by atoms with Crippen molar-refractivity contribution in [3.05, 3.63) is 29.8 Å². The zero-order valence-corrected chi connectivity index (χ0v) is 8.02. The van der Waals surface area contributed by atoms with Crippen molar-refractivity contribution in [2.45, 2.75) is 6.61 Å². The highest BCUT2D eigenvalue weighted by atomic mass is 31.0. The molecule has 0 fully saturated rings. The summed E-state index contributed by atoms with van der Waals surface area (Å²) in [7, 11) is 2.63. The zero-order chi connectivity index (χ0) is 8.81. The van der Waals surface area contributed by atoms with Crippen molar-refractivity contribution in [1.82, 2.24) is 0 Å². The van der Waals surface area contributed by atoms with Crippen LogP contribution in [0.15, 0.2) is 24.3 Å². The molecule has 2 nitrogen and oxygen atoms in total. The Labute approximate surface area is 74.8 Å². The van der Waals surface area contributed by atoms with Gasteiger partial charge in [0.05, 0.1) is 19.8 Å². The van der Waals surface area contributed by atoms with Crippen LogP contribution < -0.4 is 5.30 Å². The summed E-state index contributed by atoms with van der Waals surface area (Å²) in [6, 6.07) is 8.06. The normalized spacial score (nSPS) is 10.2. The van der Waals surface area contributed by atoms with Gasteiger partial charge in [-0.3, -0.25) is 0 Å². The van der Waals surface area contributed by atoms with Crippen molar-refractivity contribution in [2.75, 3.05) is 13.2 Å². The van der Waals surface area contributed by atoms with E-state index in [1.807, 2.05) is 24.3 Å². The molecule has 0 aliphatic heterocycles. The number of benzene rings is 1. The third-order valence-electron chi connectivity index (χ3n) is 1.48. The fraction of sp³-hybridized carbons (Fsp3) is 0.333. The Morgan fingerprint density at radius 3 is 2.50 bits per heavy atom. The molecule has 0 aliphatic carbocycles. The monoisotopic (exact) mass is 184 g/mol. The molecule has 0 bridgehead atoms. The van der Waals surface area contributed by atoms with Gasteiger partial charge in [-0.15, -0.1) is 9.24 Å². The molecule has 1 rings (SSSR count). The summed E-state index contributed by atoms with van der Waals surface area (Å²) in [6.07, 6.45) is 0. The molecule has 1 aromatic rings. The molecule has 0 spiro atoms. The van der Waals surface area contributed by atoms with E-state index in [0.29, 0.717) is 13.2 Å². The standard InChI is InChI=1S/C9H13O2P/c10-5-6-11-7-8-1-3-9(12)4-2-8/h1-4,10H,5-7,12H2. The van der Waals surface area contributed by atoms with Crippen LogP contribution in [-0.4, -0.2) is 18.3 Å². The number of hydrogen-bond donors (Lipinski definition) is 1. The van der Waals surface area contributed by atoms with Gasteiger partial charge in [0.15, 0.2) is 0 Å². The van der Waals surface area contributed by atoms with Crippen molar-refractivity contribution in [3.63, 3.8) is 0 Å². The summed E-state index contributed by atoms with van der Waals surface area (Å²) in [5.41, 5.74) is 1.13. The van der Waals surface area contributed by atoms with Crippen molar-refractivity contribution in [1.29, 1.82) is 0 Å². The Bertz CT molecular complexity index is 220. The van der Waals surface area contributed by atoms with Crippen molar-refractivity contribution >= 4 is 14.5 Å². The van der Waals surface area contributed by atoms with E-state index >= 15 is 0 Å². The van der Waals surface area contributed by atoms with E-state index in [4.69, 9.17) is 9.84 Å². The van der Waals surface area contributed by atoms with Crippen LogP contribution in [0.4, 0.5) is 0 Å². The summed E-state index contributed by atoms with van der Waals surface area (Å²) >= 11 is 0. The second kappa shape index (κ2) is 5.26. The van der Waals surface area contributed by atoms with Crippen LogP contribution in [0.25, 0.3) is 0 Å². The molecule has 0 radical (unpaired) electrons. The quantitative estimate of drug-likeness (QED) is 0.551. The van der Waals surface area contributed by atoms with Gasteiger partial charge in [0.1, 0.15) is 0 Å². The SMILES string of the molecule is OCCOCc1ccc(P)cc1. The molecule has 12 heavy (non-hydrogen) atoms. The minimum absolute atomic E-state index is 0.0850. The predicted molar refractivity (Wildman–Crippen MR) is 52.5 cm³/mol. The Balaban J connectivity index is 2.37. The third kappa shape index (κ3) is 3.31. The van der Waals surface area contributed by atoms with Crippen LogP contribution in [0.1, 0.15) is 5.56 Å². The number of aliphatic hydroxyl groups excluding tert-OH is 1. The van der Waals surface area contributed by atoms with Crippen LogP contribution in [0, 0.1) is 0 Å². The molecule has 3 heteroatoms. The lowest BCUT2D eigenvalue weighted by molar-refractivity contribution is 0.0816. The van der Waals surface area contributed by atoms with Crippen LogP contribution >= 0.6 is 9.24 Å². The first kappa shape index (κ1) is 9.66. The predicted octanol–water partition coefficient (Wildman–Crippen LogP) is 0.696. The Morgan fingerprint density at radius 1 is 1.25 bits per heavy atom. The number of hydrogen-bond acceptors (Lipinski definition) is 2. The molecule has 0 saturated heterocycles. The van der Waals surface area contributed by atoms with E-state index in [-0.39, 0.29) is 6.61 Å². The van der Waals surface area contributed by atoms with Crippen molar-refractivity contribution < 1.29 is 9.84 Å². The Hall–Kier alpha value is -0.430. The van der Waals surface area contributed by atoms with Crippen molar-refractivity contribution in [3.8, 4) is 0 Å². The smallest absolute Gasteiger partial charge is 0.0718 e. The molecule has 0 aliphatic rings. The molecular weight excluding hydrogens is 171 g/mol. The molecule has 0 amide bonds. The van der Waals surface area contributed by atoms with Crippen LogP contribution in [-0.2, 0) is 11.3 Å². The van der Waals surface area contributed by atoms with E-state index in [9.17, 15) is 0 Å². The van der Waals surface area contributed by atoms with Crippen LogP contribution in [0.3, 0.4) is 0 Å². The average Bonchev–Trinajstić information content (AvgIpc) is 2.09. The zero-order valence-electron chi connectivity index (χ0n) is 6.86. The third-order valence-corrected chi connectivity index (χ3v) is 1.87. The van der Waals surface area contributed by atoms with Gasteiger partial charge >= 0.3 is 0 Å². The topological polar surface area (TPSA) is 29.5 Å². The van der Waals surface area contributed by atoms with Gasteiger partial charge in [-0.05, 0) is 10.9 Å². The van der Waals surface area contributed by atoms with E-state index in [2.05, 4.69) is 9.24 Å². The molecule has 0 saturated carbocycles. The van der Waals surface area contributed by atoms with E-state index in [0.717, 1.165) is 5.56 Å². The maximum atomic E-state index is 8.46. The van der Waals surface area contributed by atoms with Crippen LogP contribution in [0.2, 0.25) is 0 Å². The summed E-state index contributed by atoms with van der Waals surface area (Å²) in [6.45, 7) is 1.07. The maximum absolute atomic E-state index is 8.46. The molecule has 1 unspecified atom stereocenters. The summed E-state index contributed by atoms with van der Waals surface area (Å²) in [5, 5.41) is 9.63. The first-order chi connectivity index (χ1) is 5.83. The molecule has 1 aromatic carbocycles. The second-order valence-corrected chi connectivity index (χ2v) is 3.18. The lowest BCUT2D eigenvalue weighted by Gasteiger charge is -2.02.